The first-order valence-electron chi connectivity index (χ1n) is 6.93. The molecule has 0 aliphatic rings. The number of rotatable bonds is 5. The van der Waals surface area contributed by atoms with E-state index in [9.17, 15) is 4.79 Å². The Morgan fingerprint density at radius 3 is 2.86 bits per heavy atom. The average Bonchev–Trinajstić information content (AvgIpc) is 3.02. The summed E-state index contributed by atoms with van der Waals surface area (Å²) in [5.41, 5.74) is 8.40. The summed E-state index contributed by atoms with van der Waals surface area (Å²) < 4.78 is 1.53. The molecule has 1 aromatic heterocycles. The van der Waals surface area contributed by atoms with Gasteiger partial charge in [-0.2, -0.15) is 0 Å². The molecule has 0 aliphatic carbocycles. The van der Waals surface area contributed by atoms with Gasteiger partial charge >= 0.3 is 0 Å². The standard InChI is InChI=1S/C14H20N6O/c1-4-9(2)13(15)14(21)17-12-7-11(6-5-10(12)3)20-8-16-18-19-20/h5-9,13H,4,15H2,1-3H3,(H,17,21)/t9?,13-/m0/s1. The molecule has 7 nitrogen and oxygen atoms in total. The predicted molar refractivity (Wildman–Crippen MR) is 80.0 cm³/mol. The summed E-state index contributed by atoms with van der Waals surface area (Å²) in [6, 6.07) is 5.09. The largest absolute Gasteiger partial charge is 0.324 e. The lowest BCUT2D eigenvalue weighted by atomic mass is 9.99. The van der Waals surface area contributed by atoms with Crippen molar-refractivity contribution in [2.45, 2.75) is 33.2 Å². The molecule has 1 unspecified atom stereocenters. The van der Waals surface area contributed by atoms with E-state index in [1.54, 1.807) is 0 Å². The highest BCUT2D eigenvalue weighted by Gasteiger charge is 2.20. The van der Waals surface area contributed by atoms with Crippen LogP contribution in [-0.2, 0) is 4.79 Å². The minimum Gasteiger partial charge on any atom is -0.324 e. The first-order chi connectivity index (χ1) is 10.0. The van der Waals surface area contributed by atoms with E-state index in [0.717, 1.165) is 17.7 Å². The van der Waals surface area contributed by atoms with Gasteiger partial charge in [-0.1, -0.05) is 26.3 Å². The van der Waals surface area contributed by atoms with Crippen molar-refractivity contribution in [3.05, 3.63) is 30.1 Å². The summed E-state index contributed by atoms with van der Waals surface area (Å²) in [5.74, 6) is -0.0469. The second-order valence-electron chi connectivity index (χ2n) is 5.15. The van der Waals surface area contributed by atoms with Crippen molar-refractivity contribution < 1.29 is 4.79 Å². The van der Waals surface area contributed by atoms with Crippen molar-refractivity contribution in [3.8, 4) is 5.69 Å². The Hall–Kier alpha value is -2.28. The van der Waals surface area contributed by atoms with Gasteiger partial charge in [0, 0.05) is 5.69 Å². The Bertz CT molecular complexity index is 610. The van der Waals surface area contributed by atoms with Gasteiger partial charge in [-0.05, 0) is 41.0 Å². The van der Waals surface area contributed by atoms with Gasteiger partial charge in [-0.25, -0.2) is 4.68 Å². The minimum absolute atomic E-state index is 0.132. The van der Waals surface area contributed by atoms with Crippen molar-refractivity contribution >= 4 is 11.6 Å². The van der Waals surface area contributed by atoms with Crippen LogP contribution in [0.2, 0.25) is 0 Å². The number of tetrazole rings is 1. The first kappa shape index (κ1) is 15.1. The van der Waals surface area contributed by atoms with Crippen LogP contribution in [0, 0.1) is 12.8 Å². The Morgan fingerprint density at radius 1 is 1.48 bits per heavy atom. The Morgan fingerprint density at radius 2 is 2.24 bits per heavy atom. The predicted octanol–water partition coefficient (Wildman–Crippen LogP) is 1.28. The van der Waals surface area contributed by atoms with E-state index in [4.69, 9.17) is 5.73 Å². The fourth-order valence-electron chi connectivity index (χ4n) is 1.90. The van der Waals surface area contributed by atoms with E-state index >= 15 is 0 Å². The molecular weight excluding hydrogens is 268 g/mol. The molecule has 1 amide bonds. The normalized spacial score (nSPS) is 13.7. The minimum atomic E-state index is -0.522. The fraction of sp³-hybridized carbons (Fsp3) is 0.429. The van der Waals surface area contributed by atoms with Crippen LogP contribution in [0.25, 0.3) is 5.69 Å². The van der Waals surface area contributed by atoms with Crippen molar-refractivity contribution in [1.82, 2.24) is 20.2 Å². The summed E-state index contributed by atoms with van der Waals surface area (Å²) >= 11 is 0. The van der Waals surface area contributed by atoms with Gasteiger partial charge in [0.05, 0.1) is 11.7 Å². The molecule has 21 heavy (non-hydrogen) atoms. The summed E-state index contributed by atoms with van der Waals surface area (Å²) in [5, 5.41) is 13.9. The van der Waals surface area contributed by atoms with E-state index in [0.29, 0.717) is 5.69 Å². The maximum atomic E-state index is 12.2. The van der Waals surface area contributed by atoms with Crippen LogP contribution in [0.1, 0.15) is 25.8 Å². The lowest BCUT2D eigenvalue weighted by molar-refractivity contribution is -0.118. The van der Waals surface area contributed by atoms with Crippen molar-refractivity contribution in [3.63, 3.8) is 0 Å². The monoisotopic (exact) mass is 288 g/mol. The van der Waals surface area contributed by atoms with Crippen LogP contribution in [-0.4, -0.2) is 32.2 Å². The zero-order chi connectivity index (χ0) is 15.4. The van der Waals surface area contributed by atoms with Crippen LogP contribution in [0.4, 0.5) is 5.69 Å². The summed E-state index contributed by atoms with van der Waals surface area (Å²) in [6.07, 6.45) is 2.36. The molecule has 7 heteroatoms. The maximum absolute atomic E-state index is 12.2. The second kappa shape index (κ2) is 6.45. The van der Waals surface area contributed by atoms with Gasteiger partial charge in [-0.15, -0.1) is 5.10 Å². The molecule has 2 rings (SSSR count). The highest BCUT2D eigenvalue weighted by molar-refractivity contribution is 5.95. The number of carbonyl (C=O) groups excluding carboxylic acids is 1. The van der Waals surface area contributed by atoms with E-state index < -0.39 is 6.04 Å². The molecule has 3 N–H and O–H groups in total. The number of carbonyl (C=O) groups is 1. The van der Waals surface area contributed by atoms with E-state index in [1.165, 1.54) is 11.0 Å². The van der Waals surface area contributed by atoms with E-state index in [1.807, 2.05) is 39.0 Å². The highest BCUT2D eigenvalue weighted by atomic mass is 16.2. The van der Waals surface area contributed by atoms with Crippen molar-refractivity contribution in [1.29, 1.82) is 0 Å². The number of hydrogen-bond donors (Lipinski definition) is 2. The topological polar surface area (TPSA) is 98.7 Å². The molecule has 2 atom stereocenters. The zero-order valence-electron chi connectivity index (χ0n) is 12.4. The van der Waals surface area contributed by atoms with Crippen LogP contribution in [0.3, 0.4) is 0 Å². The molecule has 0 fully saturated rings. The van der Waals surface area contributed by atoms with Gasteiger partial charge < -0.3 is 11.1 Å². The molecule has 0 spiro atoms. The molecule has 112 valence electrons. The third-order valence-electron chi connectivity index (χ3n) is 3.65. The maximum Gasteiger partial charge on any atom is 0.241 e. The fourth-order valence-corrected chi connectivity index (χ4v) is 1.90. The van der Waals surface area contributed by atoms with Crippen LogP contribution in [0.15, 0.2) is 24.5 Å². The zero-order valence-corrected chi connectivity index (χ0v) is 12.4. The third kappa shape index (κ3) is 3.43. The average molecular weight is 288 g/mol. The summed E-state index contributed by atoms with van der Waals surface area (Å²) in [4.78, 5) is 12.2. The molecule has 0 saturated heterocycles. The molecular formula is C14H20N6O. The molecule has 1 heterocycles. The SMILES string of the molecule is CCC(C)[C@H](N)C(=O)Nc1cc(-n2cnnn2)ccc1C. The van der Waals surface area contributed by atoms with Gasteiger partial charge in [0.25, 0.3) is 0 Å². The number of aromatic nitrogens is 4. The Labute approximate surface area is 123 Å². The number of nitrogens with one attached hydrogen (secondary N) is 1. The quantitative estimate of drug-likeness (QED) is 0.863. The second-order valence-corrected chi connectivity index (χ2v) is 5.15. The van der Waals surface area contributed by atoms with Crippen LogP contribution < -0.4 is 11.1 Å². The smallest absolute Gasteiger partial charge is 0.241 e. The summed E-state index contributed by atoms with van der Waals surface area (Å²) in [7, 11) is 0. The molecule has 1 aromatic carbocycles. The van der Waals surface area contributed by atoms with Gasteiger partial charge in [0.15, 0.2) is 0 Å². The van der Waals surface area contributed by atoms with Gasteiger partial charge in [0.1, 0.15) is 6.33 Å². The number of benzene rings is 1. The van der Waals surface area contributed by atoms with Crippen molar-refractivity contribution in [2.24, 2.45) is 11.7 Å². The Balaban J connectivity index is 2.20. The lowest BCUT2D eigenvalue weighted by Crippen LogP contribution is -2.40. The third-order valence-corrected chi connectivity index (χ3v) is 3.65. The molecule has 0 saturated carbocycles. The van der Waals surface area contributed by atoms with Crippen molar-refractivity contribution in [2.75, 3.05) is 5.32 Å². The molecule has 0 radical (unpaired) electrons. The van der Waals surface area contributed by atoms with E-state index in [2.05, 4.69) is 20.8 Å². The van der Waals surface area contributed by atoms with E-state index in [-0.39, 0.29) is 11.8 Å². The number of hydrogen-bond acceptors (Lipinski definition) is 5. The molecule has 0 aliphatic heterocycles. The highest BCUT2D eigenvalue weighted by Crippen LogP contribution is 2.19. The number of aryl methyl sites for hydroxylation is 1. The molecule has 0 bridgehead atoms. The first-order valence-corrected chi connectivity index (χ1v) is 6.93. The number of amides is 1. The number of anilines is 1. The molecule has 2 aromatic rings. The lowest BCUT2D eigenvalue weighted by Gasteiger charge is -2.18. The summed E-state index contributed by atoms with van der Waals surface area (Å²) in [6.45, 7) is 5.91. The van der Waals surface area contributed by atoms with Gasteiger partial charge in [0.2, 0.25) is 5.91 Å². The van der Waals surface area contributed by atoms with Crippen LogP contribution in [0.5, 0.6) is 0 Å². The van der Waals surface area contributed by atoms with Gasteiger partial charge in [-0.3, -0.25) is 4.79 Å². The number of nitrogens with zero attached hydrogens (tertiary/aromatic N) is 4. The van der Waals surface area contributed by atoms with Crippen LogP contribution >= 0.6 is 0 Å². The number of nitrogens with two attached hydrogens (primary N) is 1. The Kier molecular flexibility index (Phi) is 4.64.